The summed E-state index contributed by atoms with van der Waals surface area (Å²) in [7, 11) is 0. The van der Waals surface area contributed by atoms with Crippen LogP contribution < -0.4 is 10.6 Å². The third kappa shape index (κ3) is 6.81. The summed E-state index contributed by atoms with van der Waals surface area (Å²) in [6.07, 6.45) is 0. The molecule has 146 valence electrons. The molecule has 1 aromatic heterocycles. The van der Waals surface area contributed by atoms with Gasteiger partial charge in [-0.25, -0.2) is 4.39 Å². The molecule has 0 saturated carbocycles. The number of hydrogen-bond donors (Lipinski definition) is 2. The van der Waals surface area contributed by atoms with Gasteiger partial charge in [-0.2, -0.15) is 0 Å². The second kappa shape index (κ2) is 10.4. The molecule has 0 unspecified atom stereocenters. The molecule has 0 bridgehead atoms. The van der Waals surface area contributed by atoms with Gasteiger partial charge in [-0.1, -0.05) is 40.8 Å². The van der Waals surface area contributed by atoms with Gasteiger partial charge >= 0.3 is 0 Å². The van der Waals surface area contributed by atoms with Gasteiger partial charge in [0.1, 0.15) is 5.82 Å². The van der Waals surface area contributed by atoms with Crippen LogP contribution >= 0.6 is 34.9 Å². The largest absolute Gasteiger partial charge is 0.355 e. The molecule has 0 radical (unpaired) electrons. The van der Waals surface area contributed by atoms with Gasteiger partial charge in [0.25, 0.3) is 0 Å². The van der Waals surface area contributed by atoms with E-state index in [0.717, 1.165) is 11.4 Å². The molecule has 3 rings (SSSR count). The molecule has 2 N–H and O–H groups in total. The zero-order valence-corrected chi connectivity index (χ0v) is 17.6. The van der Waals surface area contributed by atoms with Crippen LogP contribution in [0.15, 0.2) is 57.8 Å². The number of hydrogen-bond acceptors (Lipinski definition) is 7. The first-order valence-corrected chi connectivity index (χ1v) is 11.3. The summed E-state index contributed by atoms with van der Waals surface area (Å²) in [5.41, 5.74) is 1.97. The topological polar surface area (TPSA) is 66.9 Å². The number of aryl methyl sites for hydroxylation is 1. The van der Waals surface area contributed by atoms with Crippen LogP contribution in [0.25, 0.3) is 0 Å². The van der Waals surface area contributed by atoms with Crippen molar-refractivity contribution in [2.75, 3.05) is 23.4 Å². The van der Waals surface area contributed by atoms with Crippen molar-refractivity contribution >= 4 is 51.6 Å². The fraction of sp³-hybridized carbons (Fsp3) is 0.211. The van der Waals surface area contributed by atoms with E-state index in [9.17, 15) is 9.18 Å². The lowest BCUT2D eigenvalue weighted by molar-refractivity contribution is -0.118. The number of carbonyl (C=O) groups excluding carboxylic acids is 1. The van der Waals surface area contributed by atoms with Crippen molar-refractivity contribution in [1.82, 2.24) is 15.5 Å². The zero-order chi connectivity index (χ0) is 19.8. The molecular weight excluding hydrogens is 415 g/mol. The molecule has 0 saturated heterocycles. The second-order valence-corrected chi connectivity index (χ2v) is 9.17. The van der Waals surface area contributed by atoms with Crippen LogP contribution in [-0.2, 0) is 4.79 Å². The number of nitrogens with one attached hydrogen (secondary N) is 2. The van der Waals surface area contributed by atoms with Gasteiger partial charge in [-0.15, -0.1) is 22.0 Å². The smallest absolute Gasteiger partial charge is 0.230 e. The van der Waals surface area contributed by atoms with Crippen molar-refractivity contribution < 1.29 is 9.18 Å². The van der Waals surface area contributed by atoms with E-state index in [4.69, 9.17) is 0 Å². The van der Waals surface area contributed by atoms with Crippen LogP contribution in [0, 0.1) is 12.7 Å². The number of nitrogens with zero attached hydrogens (tertiary/aromatic N) is 2. The van der Waals surface area contributed by atoms with Crippen LogP contribution in [0.2, 0.25) is 0 Å². The number of thioether (sulfide) groups is 2. The Morgan fingerprint density at radius 3 is 2.57 bits per heavy atom. The Labute approximate surface area is 175 Å². The van der Waals surface area contributed by atoms with Gasteiger partial charge in [-0.05, 0) is 43.3 Å². The van der Waals surface area contributed by atoms with Gasteiger partial charge < -0.3 is 10.6 Å². The van der Waals surface area contributed by atoms with E-state index in [2.05, 4.69) is 52.0 Å². The molecule has 0 aliphatic heterocycles. The number of anilines is 2. The fourth-order valence-electron chi connectivity index (χ4n) is 2.15. The van der Waals surface area contributed by atoms with Crippen LogP contribution in [-0.4, -0.2) is 34.2 Å². The normalized spacial score (nSPS) is 10.6. The number of halogens is 1. The van der Waals surface area contributed by atoms with Crippen molar-refractivity contribution in [2.24, 2.45) is 0 Å². The third-order valence-electron chi connectivity index (χ3n) is 3.54. The Kier molecular flexibility index (Phi) is 7.70. The van der Waals surface area contributed by atoms with Crippen molar-refractivity contribution in [2.45, 2.75) is 16.2 Å². The Morgan fingerprint density at radius 1 is 1.07 bits per heavy atom. The molecule has 3 aromatic rings. The van der Waals surface area contributed by atoms with Crippen molar-refractivity contribution in [3.63, 3.8) is 0 Å². The first-order chi connectivity index (χ1) is 13.6. The first kappa shape index (κ1) is 20.6. The Bertz CT molecular complexity index is 900. The molecular formula is C19H19FN4OS3. The first-order valence-electron chi connectivity index (χ1n) is 8.53. The lowest BCUT2D eigenvalue weighted by atomic mass is 10.2. The number of rotatable bonds is 9. The number of benzene rings is 2. The molecule has 5 nitrogen and oxygen atoms in total. The molecule has 1 heterocycles. The van der Waals surface area contributed by atoms with E-state index in [1.54, 1.807) is 23.9 Å². The highest BCUT2D eigenvalue weighted by molar-refractivity contribution is 8.01. The maximum atomic E-state index is 12.9. The minimum atomic E-state index is -0.290. The molecule has 1 amide bonds. The lowest BCUT2D eigenvalue weighted by Crippen LogP contribution is -2.27. The van der Waals surface area contributed by atoms with E-state index in [1.165, 1.54) is 45.7 Å². The number of amides is 1. The summed E-state index contributed by atoms with van der Waals surface area (Å²) < 4.78 is 13.6. The van der Waals surface area contributed by atoms with Crippen molar-refractivity contribution in [1.29, 1.82) is 0 Å². The van der Waals surface area contributed by atoms with E-state index in [-0.39, 0.29) is 11.7 Å². The highest BCUT2D eigenvalue weighted by atomic mass is 32.2. The van der Waals surface area contributed by atoms with Crippen LogP contribution in [0.4, 0.5) is 15.2 Å². The van der Waals surface area contributed by atoms with Gasteiger partial charge in [0.15, 0.2) is 4.34 Å². The molecule has 2 aromatic carbocycles. The van der Waals surface area contributed by atoms with E-state index in [0.29, 0.717) is 21.8 Å². The zero-order valence-electron chi connectivity index (χ0n) is 15.1. The summed E-state index contributed by atoms with van der Waals surface area (Å²) in [4.78, 5) is 13.2. The SMILES string of the molecule is Cc1ccc(SCCNC(=O)CSc2nnc(Nc3ccc(F)cc3)s2)cc1. The molecule has 9 heteroatoms. The van der Waals surface area contributed by atoms with Gasteiger partial charge in [-0.3, -0.25) is 4.79 Å². The van der Waals surface area contributed by atoms with E-state index >= 15 is 0 Å². The maximum Gasteiger partial charge on any atom is 0.230 e. The van der Waals surface area contributed by atoms with Gasteiger partial charge in [0.2, 0.25) is 11.0 Å². The quantitative estimate of drug-likeness (QED) is 0.375. The predicted octanol–water partition coefficient (Wildman–Crippen LogP) is 4.73. The lowest BCUT2D eigenvalue weighted by Gasteiger charge is -2.04. The summed E-state index contributed by atoms with van der Waals surface area (Å²) >= 11 is 4.41. The van der Waals surface area contributed by atoms with Crippen molar-refractivity contribution in [3.8, 4) is 0 Å². The van der Waals surface area contributed by atoms with E-state index < -0.39 is 0 Å². The highest BCUT2D eigenvalue weighted by Crippen LogP contribution is 2.27. The minimum Gasteiger partial charge on any atom is -0.355 e. The number of aromatic nitrogens is 2. The summed E-state index contributed by atoms with van der Waals surface area (Å²) in [5.74, 6) is 0.796. The van der Waals surface area contributed by atoms with E-state index in [1.807, 2.05) is 0 Å². The summed E-state index contributed by atoms with van der Waals surface area (Å²) in [5, 5.41) is 14.7. The van der Waals surface area contributed by atoms with Crippen LogP contribution in [0.1, 0.15) is 5.56 Å². The third-order valence-corrected chi connectivity index (χ3v) is 6.53. The molecule has 0 aliphatic rings. The van der Waals surface area contributed by atoms with Gasteiger partial charge in [0.05, 0.1) is 5.75 Å². The minimum absolute atomic E-state index is 0.0299. The maximum absolute atomic E-state index is 12.9. The van der Waals surface area contributed by atoms with Crippen molar-refractivity contribution in [3.05, 3.63) is 59.9 Å². The standard InChI is InChI=1S/C19H19FN4OS3/c1-13-2-8-16(9-3-13)26-11-10-21-17(25)12-27-19-24-23-18(28-19)22-15-6-4-14(20)5-7-15/h2-9H,10-12H2,1H3,(H,21,25)(H,22,23). The number of carbonyl (C=O) groups is 1. The summed E-state index contributed by atoms with van der Waals surface area (Å²) in [6, 6.07) is 14.4. The second-order valence-electron chi connectivity index (χ2n) is 5.81. The Hall–Kier alpha value is -2.10. The predicted molar refractivity (Wildman–Crippen MR) is 115 cm³/mol. The summed E-state index contributed by atoms with van der Waals surface area (Å²) in [6.45, 7) is 2.68. The molecule has 0 atom stereocenters. The van der Waals surface area contributed by atoms with Crippen LogP contribution in [0.5, 0.6) is 0 Å². The molecule has 0 spiro atoms. The average Bonchev–Trinajstić information content (AvgIpc) is 3.14. The molecule has 28 heavy (non-hydrogen) atoms. The Balaban J connectivity index is 1.34. The van der Waals surface area contributed by atoms with Crippen LogP contribution in [0.3, 0.4) is 0 Å². The van der Waals surface area contributed by atoms with Gasteiger partial charge in [0, 0.05) is 22.9 Å². The molecule has 0 aliphatic carbocycles. The monoisotopic (exact) mass is 434 g/mol. The molecule has 0 fully saturated rings. The fourth-order valence-corrected chi connectivity index (χ4v) is 4.52. The Morgan fingerprint density at radius 2 is 1.82 bits per heavy atom. The average molecular weight is 435 g/mol. The highest BCUT2D eigenvalue weighted by Gasteiger charge is 2.08.